The fourth-order valence-electron chi connectivity index (χ4n) is 3.69. The Morgan fingerprint density at radius 3 is 2.79 bits per heavy atom. The van der Waals surface area contributed by atoms with Crippen molar-refractivity contribution in [2.24, 2.45) is 7.05 Å². The predicted octanol–water partition coefficient (Wildman–Crippen LogP) is 3.28. The Kier molecular flexibility index (Phi) is 5.06. The zero-order valence-electron chi connectivity index (χ0n) is 16.2. The molecule has 0 aromatic carbocycles. The quantitative estimate of drug-likeness (QED) is 0.756. The first-order chi connectivity index (χ1) is 13.6. The van der Waals surface area contributed by atoms with Crippen molar-refractivity contribution in [3.8, 4) is 0 Å². The van der Waals surface area contributed by atoms with Gasteiger partial charge in [0.15, 0.2) is 0 Å². The second-order valence-corrected chi connectivity index (χ2v) is 7.20. The number of rotatable bonds is 4. The van der Waals surface area contributed by atoms with Gasteiger partial charge in [-0.2, -0.15) is 5.10 Å². The highest BCUT2D eigenvalue weighted by atomic mass is 16.2. The molecule has 7 nitrogen and oxygen atoms in total. The topological polar surface area (TPSA) is 75.9 Å². The number of anilines is 2. The fraction of sp³-hybridized carbons (Fsp3) is 0.333. The summed E-state index contributed by atoms with van der Waals surface area (Å²) in [6.45, 7) is 3.35. The lowest BCUT2D eigenvalue weighted by molar-refractivity contribution is 0.0705. The maximum absolute atomic E-state index is 12.9. The number of nitrogens with one attached hydrogen (secondary N) is 1. The van der Waals surface area contributed by atoms with Crippen LogP contribution in [0, 0.1) is 6.92 Å². The number of hydrogen-bond donors (Lipinski definition) is 1. The first kappa shape index (κ1) is 18.2. The molecule has 28 heavy (non-hydrogen) atoms. The van der Waals surface area contributed by atoms with Gasteiger partial charge >= 0.3 is 0 Å². The molecule has 3 aromatic heterocycles. The van der Waals surface area contributed by atoms with Gasteiger partial charge in [0.25, 0.3) is 5.91 Å². The summed E-state index contributed by atoms with van der Waals surface area (Å²) in [4.78, 5) is 23.7. The Bertz CT molecular complexity index is 951. The molecule has 1 amide bonds. The van der Waals surface area contributed by atoms with Gasteiger partial charge in [0.2, 0.25) is 0 Å². The van der Waals surface area contributed by atoms with Crippen LogP contribution in [0.25, 0.3) is 0 Å². The number of hydrogen-bond acceptors (Lipinski definition) is 5. The second-order valence-electron chi connectivity index (χ2n) is 7.20. The van der Waals surface area contributed by atoms with Crippen molar-refractivity contribution in [3.63, 3.8) is 0 Å². The van der Waals surface area contributed by atoms with Gasteiger partial charge in [0.05, 0.1) is 23.1 Å². The summed E-state index contributed by atoms with van der Waals surface area (Å²) in [6, 6.07) is 9.80. The van der Waals surface area contributed by atoms with E-state index in [-0.39, 0.29) is 11.8 Å². The Labute approximate surface area is 164 Å². The van der Waals surface area contributed by atoms with E-state index >= 15 is 0 Å². The lowest BCUT2D eigenvalue weighted by Gasteiger charge is -2.32. The number of amides is 1. The molecule has 1 atom stereocenters. The molecule has 3 aromatic rings. The molecule has 1 aliphatic heterocycles. The molecule has 144 valence electrons. The smallest absolute Gasteiger partial charge is 0.257 e. The normalized spacial score (nSPS) is 16.8. The van der Waals surface area contributed by atoms with Crippen molar-refractivity contribution in [2.75, 3.05) is 18.4 Å². The number of aryl methyl sites for hydroxylation is 2. The van der Waals surface area contributed by atoms with Gasteiger partial charge in [-0.25, -0.2) is 4.98 Å². The van der Waals surface area contributed by atoms with Crippen molar-refractivity contribution in [1.82, 2.24) is 24.6 Å². The average Bonchev–Trinajstić information content (AvgIpc) is 3.07. The molecule has 4 rings (SSSR count). The van der Waals surface area contributed by atoms with Crippen molar-refractivity contribution >= 4 is 17.4 Å². The molecule has 0 aliphatic carbocycles. The standard InChI is InChI=1S/C21H24N6O/c1-15-18(14-26(2)25-15)21(28)27-11-5-6-16(13-27)19-9-8-17(12-23-19)24-20-7-3-4-10-22-20/h3-4,7-10,12,14,16H,5-6,11,13H2,1-2H3,(H,22,24)/t16-/m0/s1. The SMILES string of the molecule is Cc1nn(C)cc1C(=O)N1CCC[C@H](c2ccc(Nc3ccccn3)cn2)C1. The van der Waals surface area contributed by atoms with Crippen LogP contribution in [-0.4, -0.2) is 43.6 Å². The molecule has 0 spiro atoms. The van der Waals surface area contributed by atoms with E-state index in [0.717, 1.165) is 42.3 Å². The lowest BCUT2D eigenvalue weighted by Crippen LogP contribution is -2.39. The minimum atomic E-state index is 0.0590. The van der Waals surface area contributed by atoms with E-state index in [2.05, 4.69) is 20.4 Å². The Hall–Kier alpha value is -3.22. The highest BCUT2D eigenvalue weighted by Gasteiger charge is 2.27. The Balaban J connectivity index is 1.44. The number of pyridine rings is 2. The highest BCUT2D eigenvalue weighted by molar-refractivity contribution is 5.95. The van der Waals surface area contributed by atoms with Crippen LogP contribution in [0.5, 0.6) is 0 Å². The van der Waals surface area contributed by atoms with Crippen molar-refractivity contribution in [3.05, 3.63) is 65.9 Å². The average molecular weight is 376 g/mol. The van der Waals surface area contributed by atoms with Crippen LogP contribution in [0.1, 0.15) is 40.5 Å². The minimum absolute atomic E-state index is 0.0590. The molecule has 4 heterocycles. The fourth-order valence-corrected chi connectivity index (χ4v) is 3.69. The third-order valence-corrected chi connectivity index (χ3v) is 5.09. The van der Waals surface area contributed by atoms with Crippen LogP contribution in [0.3, 0.4) is 0 Å². The van der Waals surface area contributed by atoms with Crippen molar-refractivity contribution < 1.29 is 4.79 Å². The number of likely N-dealkylation sites (tertiary alicyclic amines) is 1. The zero-order valence-corrected chi connectivity index (χ0v) is 16.2. The summed E-state index contributed by atoms with van der Waals surface area (Å²) in [6.07, 6.45) is 7.40. The predicted molar refractivity (Wildman–Crippen MR) is 108 cm³/mol. The van der Waals surface area contributed by atoms with Gasteiger partial charge in [0, 0.05) is 44.1 Å². The summed E-state index contributed by atoms with van der Waals surface area (Å²) < 4.78 is 1.69. The Morgan fingerprint density at radius 2 is 2.11 bits per heavy atom. The van der Waals surface area contributed by atoms with Crippen LogP contribution in [-0.2, 0) is 7.05 Å². The number of piperidine rings is 1. The van der Waals surface area contributed by atoms with Gasteiger partial charge in [-0.05, 0) is 44.0 Å². The number of aromatic nitrogens is 4. The van der Waals surface area contributed by atoms with Gasteiger partial charge < -0.3 is 10.2 Å². The molecule has 7 heteroatoms. The van der Waals surface area contributed by atoms with Crippen LogP contribution in [0.15, 0.2) is 48.9 Å². The maximum Gasteiger partial charge on any atom is 0.257 e. The third-order valence-electron chi connectivity index (χ3n) is 5.09. The molecule has 0 radical (unpaired) electrons. The van der Waals surface area contributed by atoms with Gasteiger partial charge in [-0.3, -0.25) is 14.5 Å². The molecule has 1 saturated heterocycles. The van der Waals surface area contributed by atoms with Crippen LogP contribution < -0.4 is 5.32 Å². The largest absolute Gasteiger partial charge is 0.339 e. The number of nitrogens with zero attached hydrogens (tertiary/aromatic N) is 5. The van der Waals surface area contributed by atoms with Gasteiger partial charge in [-0.1, -0.05) is 6.07 Å². The van der Waals surface area contributed by atoms with E-state index < -0.39 is 0 Å². The molecule has 0 saturated carbocycles. The minimum Gasteiger partial charge on any atom is -0.339 e. The monoisotopic (exact) mass is 376 g/mol. The molecular weight excluding hydrogens is 352 g/mol. The van der Waals surface area contributed by atoms with E-state index in [1.54, 1.807) is 17.1 Å². The highest BCUT2D eigenvalue weighted by Crippen LogP contribution is 2.27. The first-order valence-corrected chi connectivity index (χ1v) is 9.53. The zero-order chi connectivity index (χ0) is 19.5. The first-order valence-electron chi connectivity index (χ1n) is 9.53. The molecular formula is C21H24N6O. The Morgan fingerprint density at radius 1 is 1.21 bits per heavy atom. The van der Waals surface area contributed by atoms with Gasteiger partial charge in [-0.15, -0.1) is 0 Å². The molecule has 1 N–H and O–H groups in total. The summed E-state index contributed by atoms with van der Waals surface area (Å²) >= 11 is 0. The van der Waals surface area contributed by atoms with Crippen LogP contribution in [0.2, 0.25) is 0 Å². The number of carbonyl (C=O) groups is 1. The summed E-state index contributed by atoms with van der Waals surface area (Å²) in [5.41, 5.74) is 3.38. The maximum atomic E-state index is 12.9. The van der Waals surface area contributed by atoms with Crippen molar-refractivity contribution in [2.45, 2.75) is 25.7 Å². The van der Waals surface area contributed by atoms with Gasteiger partial charge in [0.1, 0.15) is 5.82 Å². The summed E-state index contributed by atoms with van der Waals surface area (Å²) in [5, 5.41) is 7.54. The van der Waals surface area contributed by atoms with E-state index in [0.29, 0.717) is 12.1 Å². The molecule has 1 aliphatic rings. The van der Waals surface area contributed by atoms with Crippen LogP contribution in [0.4, 0.5) is 11.5 Å². The number of carbonyl (C=O) groups excluding carboxylic acids is 1. The second kappa shape index (κ2) is 7.80. The molecule has 1 fully saturated rings. The molecule has 0 bridgehead atoms. The molecule has 0 unspecified atom stereocenters. The lowest BCUT2D eigenvalue weighted by atomic mass is 9.93. The van der Waals surface area contributed by atoms with E-state index in [1.807, 2.05) is 55.4 Å². The van der Waals surface area contributed by atoms with Crippen molar-refractivity contribution in [1.29, 1.82) is 0 Å². The summed E-state index contributed by atoms with van der Waals surface area (Å²) in [5.74, 6) is 1.10. The van der Waals surface area contributed by atoms with Crippen LogP contribution >= 0.6 is 0 Å². The summed E-state index contributed by atoms with van der Waals surface area (Å²) in [7, 11) is 1.84. The van der Waals surface area contributed by atoms with E-state index in [4.69, 9.17) is 0 Å². The van der Waals surface area contributed by atoms with E-state index in [1.165, 1.54) is 0 Å². The van der Waals surface area contributed by atoms with E-state index in [9.17, 15) is 4.79 Å². The third kappa shape index (κ3) is 3.88.